The van der Waals surface area contributed by atoms with Gasteiger partial charge in [0.1, 0.15) is 0 Å². The normalized spacial score (nSPS) is 11.6. The third kappa shape index (κ3) is 9.11. The van der Waals surface area contributed by atoms with Gasteiger partial charge in [-0.25, -0.2) is 4.79 Å². The quantitative estimate of drug-likeness (QED) is 0.208. The standard InChI is InChI=1S/C24H31N5O5/c1-6-19(12-11-17(2)3)15-29(24(34)28(16-30)14-13-22(32)33)23(25-5)27-21-10-8-7-9-20(21)26-18(4)31/h6-12,16H,2,13-15H2,1,3-5H3,(H,25,27)(H,26,31)(H,32,33)/b12-11-,19-6+. The average molecular weight is 470 g/mol. The van der Waals surface area contributed by atoms with Gasteiger partial charge in [0.05, 0.1) is 24.3 Å². The van der Waals surface area contributed by atoms with E-state index in [1.54, 1.807) is 49.4 Å². The topological polar surface area (TPSA) is 131 Å². The number of aliphatic imine (C=N–C) groups is 1. The van der Waals surface area contributed by atoms with Crippen molar-refractivity contribution in [3.8, 4) is 0 Å². The molecule has 34 heavy (non-hydrogen) atoms. The number of carbonyl (C=O) groups is 4. The van der Waals surface area contributed by atoms with Crippen LogP contribution in [0, 0.1) is 0 Å². The van der Waals surface area contributed by atoms with Gasteiger partial charge in [0.15, 0.2) is 0 Å². The number of guanidine groups is 1. The molecule has 0 spiro atoms. The molecular weight excluding hydrogens is 438 g/mol. The molecule has 0 atom stereocenters. The molecule has 182 valence electrons. The molecule has 10 heteroatoms. The molecule has 3 N–H and O–H groups in total. The van der Waals surface area contributed by atoms with Crippen LogP contribution in [0.2, 0.25) is 0 Å². The van der Waals surface area contributed by atoms with Gasteiger partial charge in [-0.2, -0.15) is 0 Å². The summed E-state index contributed by atoms with van der Waals surface area (Å²) in [5.41, 5.74) is 2.47. The van der Waals surface area contributed by atoms with Crippen LogP contribution in [0.5, 0.6) is 0 Å². The largest absolute Gasteiger partial charge is 0.481 e. The average Bonchev–Trinajstić information content (AvgIpc) is 2.78. The number of aliphatic carboxylic acids is 1. The molecule has 0 bridgehead atoms. The third-order valence-corrected chi connectivity index (χ3v) is 4.42. The SMILES string of the molecule is C=C(C)/C=C\C(=C/C)CN(C(=O)N(C=O)CCC(=O)O)C(=NC)Nc1ccccc1NC(C)=O. The Morgan fingerprint density at radius 3 is 2.21 bits per heavy atom. The molecule has 0 aromatic heterocycles. The Bertz CT molecular complexity index is 1010. The van der Waals surface area contributed by atoms with E-state index in [1.165, 1.54) is 18.9 Å². The highest BCUT2D eigenvalue weighted by Crippen LogP contribution is 2.22. The molecule has 10 nitrogen and oxygen atoms in total. The number of urea groups is 1. The highest BCUT2D eigenvalue weighted by molar-refractivity contribution is 6.07. The summed E-state index contributed by atoms with van der Waals surface area (Å²) < 4.78 is 0. The van der Waals surface area contributed by atoms with E-state index in [0.717, 1.165) is 16.0 Å². The Balaban J connectivity index is 3.40. The number of carboxylic acids is 1. The lowest BCUT2D eigenvalue weighted by Gasteiger charge is -2.29. The fourth-order valence-corrected chi connectivity index (χ4v) is 2.73. The van der Waals surface area contributed by atoms with Crippen molar-refractivity contribution < 1.29 is 24.3 Å². The molecule has 0 heterocycles. The van der Waals surface area contributed by atoms with Crippen LogP contribution in [-0.2, 0) is 14.4 Å². The Labute approximate surface area is 199 Å². The number of anilines is 2. The van der Waals surface area contributed by atoms with Gasteiger partial charge in [0.2, 0.25) is 18.3 Å². The summed E-state index contributed by atoms with van der Waals surface area (Å²) in [4.78, 5) is 53.7. The summed E-state index contributed by atoms with van der Waals surface area (Å²) in [6.07, 6.45) is 5.24. The van der Waals surface area contributed by atoms with Crippen LogP contribution in [0.15, 0.2) is 65.2 Å². The van der Waals surface area contributed by atoms with Gasteiger partial charge in [0, 0.05) is 20.5 Å². The number of imide groups is 1. The third-order valence-electron chi connectivity index (χ3n) is 4.42. The maximum Gasteiger partial charge on any atom is 0.333 e. The van der Waals surface area contributed by atoms with E-state index in [-0.39, 0.29) is 31.4 Å². The van der Waals surface area contributed by atoms with Crippen LogP contribution in [0.3, 0.4) is 0 Å². The first kappa shape index (κ1) is 27.8. The summed E-state index contributed by atoms with van der Waals surface area (Å²) in [6, 6.07) is 6.09. The number of carboxylic acid groups (broad SMARTS) is 1. The van der Waals surface area contributed by atoms with E-state index in [2.05, 4.69) is 22.2 Å². The van der Waals surface area contributed by atoms with Crippen molar-refractivity contribution in [1.29, 1.82) is 0 Å². The van der Waals surface area contributed by atoms with Crippen LogP contribution in [0.4, 0.5) is 16.2 Å². The van der Waals surface area contributed by atoms with Crippen LogP contribution in [-0.4, -0.2) is 65.3 Å². The molecule has 1 aromatic carbocycles. The summed E-state index contributed by atoms with van der Waals surface area (Å²) in [7, 11) is 1.46. The van der Waals surface area contributed by atoms with Gasteiger partial charge in [0.25, 0.3) is 0 Å². The number of hydrogen-bond donors (Lipinski definition) is 3. The van der Waals surface area contributed by atoms with E-state index in [0.29, 0.717) is 11.4 Å². The van der Waals surface area contributed by atoms with E-state index in [9.17, 15) is 19.2 Å². The zero-order chi connectivity index (χ0) is 25.7. The number of hydrogen-bond acceptors (Lipinski definition) is 5. The van der Waals surface area contributed by atoms with E-state index in [1.807, 2.05) is 6.92 Å². The van der Waals surface area contributed by atoms with Crippen molar-refractivity contribution in [2.45, 2.75) is 27.2 Å². The molecule has 0 aliphatic heterocycles. The molecule has 0 radical (unpaired) electrons. The second-order valence-electron chi connectivity index (χ2n) is 7.25. The van der Waals surface area contributed by atoms with Gasteiger partial charge < -0.3 is 15.7 Å². The monoisotopic (exact) mass is 469 g/mol. The summed E-state index contributed by atoms with van der Waals surface area (Å²) >= 11 is 0. The predicted octanol–water partition coefficient (Wildman–Crippen LogP) is 3.48. The second-order valence-corrected chi connectivity index (χ2v) is 7.25. The number of allylic oxidation sites excluding steroid dienone is 3. The van der Waals surface area contributed by atoms with Gasteiger partial charge in [-0.1, -0.05) is 42.5 Å². The molecule has 1 rings (SSSR count). The lowest BCUT2D eigenvalue weighted by molar-refractivity contribution is -0.137. The highest BCUT2D eigenvalue weighted by atomic mass is 16.4. The van der Waals surface area contributed by atoms with Crippen molar-refractivity contribution in [3.63, 3.8) is 0 Å². The number of benzene rings is 1. The lowest BCUT2D eigenvalue weighted by atomic mass is 10.2. The first-order valence-corrected chi connectivity index (χ1v) is 10.5. The summed E-state index contributed by atoms with van der Waals surface area (Å²) in [5, 5.41) is 14.7. The van der Waals surface area contributed by atoms with Gasteiger partial charge >= 0.3 is 12.0 Å². The van der Waals surface area contributed by atoms with E-state index in [4.69, 9.17) is 5.11 Å². The zero-order valence-electron chi connectivity index (χ0n) is 19.9. The van der Waals surface area contributed by atoms with Crippen molar-refractivity contribution in [3.05, 3.63) is 60.2 Å². The minimum Gasteiger partial charge on any atom is -0.481 e. The molecule has 0 aliphatic carbocycles. The van der Waals surface area contributed by atoms with Gasteiger partial charge in [-0.15, -0.1) is 0 Å². The van der Waals surface area contributed by atoms with Crippen molar-refractivity contribution in [2.75, 3.05) is 30.8 Å². The van der Waals surface area contributed by atoms with Crippen molar-refractivity contribution >= 4 is 41.7 Å². The lowest BCUT2D eigenvalue weighted by Crippen LogP contribution is -2.49. The number of amides is 4. The molecule has 0 saturated heterocycles. The van der Waals surface area contributed by atoms with Crippen molar-refractivity contribution in [1.82, 2.24) is 9.80 Å². The minimum absolute atomic E-state index is 0.0263. The fraction of sp³-hybridized carbons (Fsp3) is 0.292. The Hall–Kier alpha value is -4.21. The Morgan fingerprint density at radius 2 is 1.74 bits per heavy atom. The zero-order valence-corrected chi connectivity index (χ0v) is 19.9. The molecule has 1 aromatic rings. The number of carbonyl (C=O) groups excluding carboxylic acids is 3. The van der Waals surface area contributed by atoms with E-state index >= 15 is 0 Å². The van der Waals surface area contributed by atoms with Crippen LogP contribution >= 0.6 is 0 Å². The Morgan fingerprint density at radius 1 is 1.12 bits per heavy atom. The number of rotatable bonds is 10. The smallest absolute Gasteiger partial charge is 0.333 e. The van der Waals surface area contributed by atoms with Crippen LogP contribution < -0.4 is 10.6 Å². The summed E-state index contributed by atoms with van der Waals surface area (Å²) in [6.45, 7) is 8.54. The first-order chi connectivity index (χ1) is 16.1. The highest BCUT2D eigenvalue weighted by Gasteiger charge is 2.26. The molecule has 0 saturated carbocycles. The van der Waals surface area contributed by atoms with E-state index < -0.39 is 18.4 Å². The predicted molar refractivity (Wildman–Crippen MR) is 133 cm³/mol. The fourth-order valence-electron chi connectivity index (χ4n) is 2.73. The number of nitrogens with zero attached hydrogens (tertiary/aromatic N) is 3. The van der Waals surface area contributed by atoms with Gasteiger partial charge in [-0.3, -0.25) is 29.2 Å². The molecule has 4 amide bonds. The second kappa shape index (κ2) is 14.0. The van der Waals surface area contributed by atoms with Crippen LogP contribution in [0.1, 0.15) is 27.2 Å². The maximum absolute atomic E-state index is 13.3. The maximum atomic E-state index is 13.3. The molecule has 0 aliphatic rings. The molecular formula is C24H31N5O5. The number of nitrogens with one attached hydrogen (secondary N) is 2. The molecule has 0 unspecified atom stereocenters. The Kier molecular flexibility index (Phi) is 11.5. The van der Waals surface area contributed by atoms with Crippen molar-refractivity contribution in [2.24, 2.45) is 4.99 Å². The van der Waals surface area contributed by atoms with Gasteiger partial charge in [-0.05, 0) is 31.6 Å². The van der Waals surface area contributed by atoms with Crippen LogP contribution in [0.25, 0.3) is 0 Å². The summed E-state index contributed by atoms with van der Waals surface area (Å²) in [5.74, 6) is -1.33. The first-order valence-electron chi connectivity index (χ1n) is 10.5. The number of para-hydroxylation sites is 2. The molecule has 0 fully saturated rings. The minimum atomic E-state index is -1.14.